The summed E-state index contributed by atoms with van der Waals surface area (Å²) in [6.45, 7) is 14.8. The summed E-state index contributed by atoms with van der Waals surface area (Å²) in [6.07, 6.45) is -0.434. The van der Waals surface area contributed by atoms with Crippen molar-refractivity contribution in [2.24, 2.45) is 0 Å². The van der Waals surface area contributed by atoms with E-state index in [1.165, 1.54) is 0 Å². The maximum absolute atomic E-state index is 11.9. The number of hydrogen-bond acceptors (Lipinski definition) is 5. The van der Waals surface area contributed by atoms with Crippen LogP contribution in [0.3, 0.4) is 0 Å². The Labute approximate surface area is 158 Å². The Bertz CT molecular complexity index is 539. The minimum Gasteiger partial charge on any atom is -0.444 e. The van der Waals surface area contributed by atoms with Crippen LogP contribution >= 0.6 is 0 Å². The summed E-state index contributed by atoms with van der Waals surface area (Å²) < 4.78 is 23.1. The Balaban J connectivity index is 2.92. The highest BCUT2D eigenvalue weighted by Gasteiger charge is 2.43. The maximum atomic E-state index is 11.9. The third kappa shape index (κ3) is 6.72. The number of rotatable bonds is 9. The highest BCUT2D eigenvalue weighted by Crippen LogP contribution is 2.16. The molecular formula is C19H33NO5Si. The van der Waals surface area contributed by atoms with Crippen LogP contribution in [0.1, 0.15) is 60.1 Å². The van der Waals surface area contributed by atoms with E-state index < -0.39 is 20.5 Å². The summed E-state index contributed by atoms with van der Waals surface area (Å²) in [7, 11) is -2.91. The molecule has 0 saturated carbocycles. The van der Waals surface area contributed by atoms with E-state index in [9.17, 15) is 4.79 Å². The molecule has 0 fully saturated rings. The molecule has 0 radical (unpaired) electrons. The fraction of sp³-hybridized carbons (Fsp3) is 0.632. The zero-order chi connectivity index (χ0) is 19.8. The van der Waals surface area contributed by atoms with Gasteiger partial charge in [0.05, 0.1) is 6.04 Å². The molecule has 0 aromatic heterocycles. The van der Waals surface area contributed by atoms with Crippen LogP contribution in [0.2, 0.25) is 0 Å². The van der Waals surface area contributed by atoms with Crippen molar-refractivity contribution in [1.29, 1.82) is 0 Å². The first-order valence-corrected chi connectivity index (χ1v) is 10.9. The molecule has 0 unspecified atom stereocenters. The van der Waals surface area contributed by atoms with Gasteiger partial charge in [0.15, 0.2) is 0 Å². The number of hydrogen-bond donors (Lipinski definition) is 1. The van der Waals surface area contributed by atoms with Gasteiger partial charge in [-0.25, -0.2) is 4.79 Å². The van der Waals surface area contributed by atoms with E-state index in [0.29, 0.717) is 19.8 Å². The summed E-state index contributed by atoms with van der Waals surface area (Å²) in [4.78, 5) is 11.9. The van der Waals surface area contributed by atoms with E-state index in [2.05, 4.69) is 5.32 Å². The molecule has 1 aromatic rings. The van der Waals surface area contributed by atoms with Crippen LogP contribution in [-0.4, -0.2) is 40.3 Å². The first-order valence-electron chi connectivity index (χ1n) is 9.19. The molecule has 1 aromatic carbocycles. The van der Waals surface area contributed by atoms with Gasteiger partial charge < -0.3 is 23.3 Å². The zero-order valence-corrected chi connectivity index (χ0v) is 18.0. The molecule has 148 valence electrons. The van der Waals surface area contributed by atoms with Crippen LogP contribution < -0.4 is 10.5 Å². The van der Waals surface area contributed by atoms with Gasteiger partial charge in [0.2, 0.25) is 0 Å². The number of ether oxygens (including phenoxy) is 1. The van der Waals surface area contributed by atoms with Gasteiger partial charge in [-0.15, -0.1) is 0 Å². The molecule has 0 spiro atoms. The van der Waals surface area contributed by atoms with Crippen LogP contribution in [0.15, 0.2) is 24.3 Å². The fourth-order valence-electron chi connectivity index (χ4n) is 2.49. The second-order valence-electron chi connectivity index (χ2n) is 6.85. The van der Waals surface area contributed by atoms with Crippen molar-refractivity contribution in [3.8, 4) is 0 Å². The van der Waals surface area contributed by atoms with Crippen LogP contribution in [0.25, 0.3) is 0 Å². The lowest BCUT2D eigenvalue weighted by molar-refractivity contribution is 0.0507. The van der Waals surface area contributed by atoms with Gasteiger partial charge in [-0.05, 0) is 54.0 Å². The van der Waals surface area contributed by atoms with Gasteiger partial charge in [-0.1, -0.05) is 24.3 Å². The van der Waals surface area contributed by atoms with E-state index in [-0.39, 0.29) is 6.04 Å². The number of carbonyl (C=O) groups is 1. The van der Waals surface area contributed by atoms with Gasteiger partial charge in [0.1, 0.15) is 5.60 Å². The average molecular weight is 384 g/mol. The van der Waals surface area contributed by atoms with Crippen LogP contribution in [-0.2, 0) is 18.0 Å². The summed E-state index contributed by atoms with van der Waals surface area (Å²) >= 11 is 0. The molecule has 0 heterocycles. The molecule has 0 aliphatic heterocycles. The third-order valence-electron chi connectivity index (χ3n) is 3.50. The minimum absolute atomic E-state index is 0.179. The Morgan fingerprint density at radius 1 is 1.00 bits per heavy atom. The second kappa shape index (κ2) is 10.1. The molecule has 0 aliphatic rings. The molecule has 7 heteroatoms. The Morgan fingerprint density at radius 3 is 1.85 bits per heavy atom. The topological polar surface area (TPSA) is 66.0 Å². The van der Waals surface area contributed by atoms with Crippen LogP contribution in [0.4, 0.5) is 4.79 Å². The first kappa shape index (κ1) is 22.6. The lowest BCUT2D eigenvalue weighted by Gasteiger charge is -2.29. The van der Waals surface area contributed by atoms with E-state index >= 15 is 0 Å². The van der Waals surface area contributed by atoms with E-state index in [1.54, 1.807) is 0 Å². The number of benzene rings is 1. The van der Waals surface area contributed by atoms with Crippen molar-refractivity contribution >= 4 is 20.1 Å². The summed E-state index contributed by atoms with van der Waals surface area (Å²) in [5.74, 6) is 0. The summed E-state index contributed by atoms with van der Waals surface area (Å²) in [5.41, 5.74) is 0.442. The first-order chi connectivity index (χ1) is 12.2. The molecule has 0 aliphatic carbocycles. The predicted molar refractivity (Wildman–Crippen MR) is 104 cm³/mol. The highest BCUT2D eigenvalue weighted by molar-refractivity contribution is 6.75. The van der Waals surface area contributed by atoms with Gasteiger partial charge in [-0.2, -0.15) is 0 Å². The van der Waals surface area contributed by atoms with Gasteiger partial charge >= 0.3 is 14.9 Å². The standard InChI is InChI=1S/C19H33NO5Si/c1-8-22-26(23-9-2,24-10-3)17-13-11-16(12-14-17)15(4)20-18(21)25-19(5,6)7/h11-15H,8-10H2,1-7H3,(H,20,21)/t15-/m0/s1. The number of alkyl carbamates (subject to hydrolysis) is 1. The van der Waals surface area contributed by atoms with Crippen LogP contribution in [0.5, 0.6) is 0 Å². The monoisotopic (exact) mass is 383 g/mol. The Kier molecular flexibility index (Phi) is 8.75. The van der Waals surface area contributed by atoms with Crippen molar-refractivity contribution in [3.05, 3.63) is 29.8 Å². The molecule has 6 nitrogen and oxygen atoms in total. The maximum Gasteiger partial charge on any atom is 0.537 e. The lowest BCUT2D eigenvalue weighted by atomic mass is 10.1. The van der Waals surface area contributed by atoms with E-state index in [4.69, 9.17) is 18.0 Å². The molecule has 1 rings (SSSR count). The SMILES string of the molecule is CCO[Si](OCC)(OCC)c1ccc([C@H](C)NC(=O)OC(C)(C)C)cc1. The largest absolute Gasteiger partial charge is 0.537 e. The van der Waals surface area contributed by atoms with Crippen molar-refractivity contribution in [3.63, 3.8) is 0 Å². The molecule has 0 saturated heterocycles. The summed E-state index contributed by atoms with van der Waals surface area (Å²) in [6, 6.07) is 7.64. The molecular weight excluding hydrogens is 350 g/mol. The van der Waals surface area contributed by atoms with Crippen LogP contribution in [0, 0.1) is 0 Å². The minimum atomic E-state index is -2.91. The Hall–Kier alpha value is -1.41. The normalized spacial score (nSPS) is 13.3. The van der Waals surface area contributed by atoms with E-state index in [0.717, 1.165) is 10.8 Å². The fourth-order valence-corrected chi connectivity index (χ4v) is 4.95. The third-order valence-corrected chi connectivity index (χ3v) is 6.55. The summed E-state index contributed by atoms with van der Waals surface area (Å²) in [5, 5.41) is 3.76. The van der Waals surface area contributed by atoms with Crippen molar-refractivity contribution < 1.29 is 22.8 Å². The van der Waals surface area contributed by atoms with Gasteiger partial charge in [0.25, 0.3) is 0 Å². The molecule has 1 atom stereocenters. The average Bonchev–Trinajstić information content (AvgIpc) is 2.53. The smallest absolute Gasteiger partial charge is 0.444 e. The quantitative estimate of drug-likeness (QED) is 0.661. The zero-order valence-electron chi connectivity index (χ0n) is 17.0. The number of nitrogens with one attached hydrogen (secondary N) is 1. The molecule has 0 bridgehead atoms. The lowest BCUT2D eigenvalue weighted by Crippen LogP contribution is -2.56. The molecule has 1 N–H and O–H groups in total. The number of amides is 1. The predicted octanol–water partition coefficient (Wildman–Crippen LogP) is 3.53. The van der Waals surface area contributed by atoms with E-state index in [1.807, 2.05) is 72.7 Å². The second-order valence-corrected chi connectivity index (χ2v) is 9.40. The number of carbonyl (C=O) groups excluding carboxylic acids is 1. The van der Waals surface area contributed by atoms with Crippen molar-refractivity contribution in [1.82, 2.24) is 5.32 Å². The Morgan fingerprint density at radius 2 is 1.46 bits per heavy atom. The highest BCUT2D eigenvalue weighted by atomic mass is 28.4. The molecule has 26 heavy (non-hydrogen) atoms. The van der Waals surface area contributed by atoms with Crippen molar-refractivity contribution in [2.45, 2.75) is 60.1 Å². The van der Waals surface area contributed by atoms with Crippen molar-refractivity contribution in [2.75, 3.05) is 19.8 Å². The van der Waals surface area contributed by atoms with Gasteiger partial charge in [0, 0.05) is 25.0 Å². The molecule has 1 amide bonds. The van der Waals surface area contributed by atoms with Gasteiger partial charge in [-0.3, -0.25) is 0 Å².